The van der Waals surface area contributed by atoms with E-state index in [0.717, 1.165) is 33.5 Å². The number of benzene rings is 2. The number of primary amides is 1. The highest BCUT2D eigenvalue weighted by molar-refractivity contribution is 6.31. The minimum absolute atomic E-state index is 0.151. The van der Waals surface area contributed by atoms with Crippen LogP contribution in [0.3, 0.4) is 0 Å². The van der Waals surface area contributed by atoms with Crippen molar-refractivity contribution >= 4 is 28.5 Å². The minimum Gasteiger partial charge on any atom is -0.456 e. The minimum atomic E-state index is -0.316. The third-order valence-electron chi connectivity index (χ3n) is 6.28. The highest BCUT2D eigenvalue weighted by atomic mass is 35.5. The van der Waals surface area contributed by atoms with Crippen molar-refractivity contribution in [3.8, 4) is 17.4 Å². The normalized spacial score (nSPS) is 18.1. The zero-order chi connectivity index (χ0) is 23.8. The van der Waals surface area contributed by atoms with Crippen LogP contribution < -0.4 is 5.73 Å². The number of rotatable bonds is 5. The molecule has 7 nitrogen and oxygen atoms in total. The Balaban J connectivity index is 1.42. The second-order valence-electron chi connectivity index (χ2n) is 8.65. The van der Waals surface area contributed by atoms with Crippen LogP contribution in [-0.2, 0) is 16.1 Å². The number of aromatic nitrogens is 2. The molecule has 2 atom stereocenters. The van der Waals surface area contributed by atoms with Crippen LogP contribution in [0, 0.1) is 24.2 Å². The van der Waals surface area contributed by atoms with E-state index in [9.17, 15) is 4.79 Å². The summed E-state index contributed by atoms with van der Waals surface area (Å²) in [7, 11) is 0. The van der Waals surface area contributed by atoms with E-state index >= 15 is 0 Å². The maximum Gasteiger partial charge on any atom is 0.222 e. The van der Waals surface area contributed by atoms with Crippen LogP contribution in [0.1, 0.15) is 41.5 Å². The second kappa shape index (κ2) is 8.98. The molecule has 0 radical (unpaired) electrons. The number of nitriles is 1. The molecule has 3 heterocycles. The fourth-order valence-electron chi connectivity index (χ4n) is 4.38. The molecule has 8 heteroatoms. The van der Waals surface area contributed by atoms with Gasteiger partial charge in [0.05, 0.1) is 36.4 Å². The Hall–Kier alpha value is -3.60. The average molecular weight is 475 g/mol. The first-order valence-corrected chi connectivity index (χ1v) is 11.5. The fourth-order valence-corrected chi connectivity index (χ4v) is 4.63. The van der Waals surface area contributed by atoms with E-state index in [1.807, 2.05) is 48.0 Å². The Kier molecular flexibility index (Phi) is 5.86. The quantitative estimate of drug-likeness (QED) is 0.431. The highest BCUT2D eigenvalue weighted by Crippen LogP contribution is 2.34. The summed E-state index contributed by atoms with van der Waals surface area (Å²) in [6.45, 7) is 2.81. The van der Waals surface area contributed by atoms with E-state index in [1.54, 1.807) is 12.1 Å². The number of aryl methyl sites for hydroxylation is 1. The number of furan rings is 1. The van der Waals surface area contributed by atoms with Crippen LogP contribution in [0.2, 0.25) is 5.02 Å². The fraction of sp³-hybridized carbons (Fsp3) is 0.269. The zero-order valence-electron chi connectivity index (χ0n) is 18.6. The maximum absolute atomic E-state index is 11.4. The Morgan fingerprint density at radius 3 is 2.71 bits per heavy atom. The Labute approximate surface area is 201 Å². The number of amides is 1. The van der Waals surface area contributed by atoms with E-state index < -0.39 is 0 Å². The molecule has 34 heavy (non-hydrogen) atoms. The second-order valence-corrected chi connectivity index (χ2v) is 9.09. The number of carbonyl (C=O) groups is 1. The summed E-state index contributed by atoms with van der Waals surface area (Å²) >= 11 is 6.43. The first-order valence-electron chi connectivity index (χ1n) is 11.1. The van der Waals surface area contributed by atoms with E-state index in [1.165, 1.54) is 0 Å². The van der Waals surface area contributed by atoms with Gasteiger partial charge in [0.1, 0.15) is 17.4 Å². The van der Waals surface area contributed by atoms with E-state index in [-0.39, 0.29) is 17.9 Å². The van der Waals surface area contributed by atoms with Crippen LogP contribution in [0.5, 0.6) is 0 Å². The molecule has 0 saturated carbocycles. The van der Waals surface area contributed by atoms with Gasteiger partial charge in [0.25, 0.3) is 0 Å². The van der Waals surface area contributed by atoms with Gasteiger partial charge in [0.15, 0.2) is 0 Å². The molecule has 1 fully saturated rings. The van der Waals surface area contributed by atoms with Gasteiger partial charge in [0, 0.05) is 27.2 Å². The number of nitrogens with two attached hydrogens (primary N) is 1. The summed E-state index contributed by atoms with van der Waals surface area (Å²) in [5.41, 5.74) is 10.4. The Bertz CT molecular complexity index is 1410. The van der Waals surface area contributed by atoms with Crippen molar-refractivity contribution in [1.82, 2.24) is 9.78 Å². The smallest absolute Gasteiger partial charge is 0.222 e. The van der Waals surface area contributed by atoms with Gasteiger partial charge >= 0.3 is 0 Å². The molecule has 1 amide bonds. The SMILES string of the molecule is Cc1cc(C2CCC(C(N)=O)CO2)nn1Cc1cc(Cl)cc2cc(-c3ccc(C#N)cc3)oc12. The number of hydrogen-bond donors (Lipinski definition) is 1. The number of ether oxygens (including phenoxy) is 1. The number of fused-ring (bicyclic) bond motifs is 1. The molecule has 2 aromatic heterocycles. The van der Waals surface area contributed by atoms with Gasteiger partial charge in [-0.05, 0) is 68.3 Å². The topological polar surface area (TPSA) is 107 Å². The first kappa shape index (κ1) is 22.2. The molecule has 0 spiro atoms. The third kappa shape index (κ3) is 4.30. The summed E-state index contributed by atoms with van der Waals surface area (Å²) in [5.74, 6) is 0.160. The number of carbonyl (C=O) groups excluding carboxylic acids is 1. The molecule has 4 aromatic rings. The third-order valence-corrected chi connectivity index (χ3v) is 6.50. The van der Waals surface area contributed by atoms with Crippen LogP contribution in [0.15, 0.2) is 52.9 Å². The van der Waals surface area contributed by atoms with Crippen molar-refractivity contribution < 1.29 is 13.9 Å². The van der Waals surface area contributed by atoms with Gasteiger partial charge in [-0.2, -0.15) is 10.4 Å². The summed E-state index contributed by atoms with van der Waals surface area (Å²) in [5, 5.41) is 15.3. The molecule has 0 bridgehead atoms. The van der Waals surface area contributed by atoms with E-state index in [4.69, 9.17) is 36.8 Å². The molecule has 172 valence electrons. The highest BCUT2D eigenvalue weighted by Gasteiger charge is 2.28. The molecule has 5 rings (SSSR count). The van der Waals surface area contributed by atoms with Gasteiger partial charge in [-0.15, -0.1) is 0 Å². The predicted molar refractivity (Wildman–Crippen MR) is 128 cm³/mol. The van der Waals surface area contributed by atoms with Gasteiger partial charge in [-0.3, -0.25) is 9.48 Å². The van der Waals surface area contributed by atoms with Crippen LogP contribution in [0.4, 0.5) is 0 Å². The molecule has 0 aliphatic carbocycles. The molecule has 1 aliphatic rings. The molecular formula is C26H23ClN4O3. The number of hydrogen-bond acceptors (Lipinski definition) is 5. The predicted octanol–water partition coefficient (Wildman–Crippen LogP) is 5.13. The Morgan fingerprint density at radius 2 is 2.03 bits per heavy atom. The summed E-state index contributed by atoms with van der Waals surface area (Å²) in [6, 6.07) is 17.1. The van der Waals surface area contributed by atoms with Gasteiger partial charge in [-0.1, -0.05) is 11.6 Å². The molecule has 2 N–H and O–H groups in total. The molecule has 2 aromatic carbocycles. The summed E-state index contributed by atoms with van der Waals surface area (Å²) in [4.78, 5) is 11.4. The summed E-state index contributed by atoms with van der Waals surface area (Å²) in [6.07, 6.45) is 1.25. The van der Waals surface area contributed by atoms with Crippen LogP contribution in [-0.4, -0.2) is 22.3 Å². The lowest BCUT2D eigenvalue weighted by Crippen LogP contribution is -2.32. The average Bonchev–Trinajstić information content (AvgIpc) is 3.43. The lowest BCUT2D eigenvalue weighted by atomic mass is 9.96. The molecule has 1 aliphatic heterocycles. The van der Waals surface area contributed by atoms with Crippen molar-refractivity contribution in [2.24, 2.45) is 11.7 Å². The van der Waals surface area contributed by atoms with Crippen molar-refractivity contribution in [3.63, 3.8) is 0 Å². The number of nitrogens with zero attached hydrogens (tertiary/aromatic N) is 3. The van der Waals surface area contributed by atoms with Crippen molar-refractivity contribution in [2.75, 3.05) is 6.61 Å². The molecule has 1 saturated heterocycles. The summed E-state index contributed by atoms with van der Waals surface area (Å²) < 4.78 is 14.0. The lowest BCUT2D eigenvalue weighted by molar-refractivity contribution is -0.128. The van der Waals surface area contributed by atoms with Crippen molar-refractivity contribution in [1.29, 1.82) is 5.26 Å². The standard InChI is InChI=1S/C26H23ClN4O3/c1-15-8-22(23-7-6-18(14-33-23)26(29)32)30-31(15)13-20-10-21(27)9-19-11-24(34-25(19)20)17-4-2-16(12-28)3-5-17/h2-5,8-11,18,23H,6-7,13-14H2,1H3,(H2,29,32). The monoisotopic (exact) mass is 474 g/mol. The van der Waals surface area contributed by atoms with Gasteiger partial charge in [-0.25, -0.2) is 0 Å². The molecule has 2 unspecified atom stereocenters. The maximum atomic E-state index is 11.4. The van der Waals surface area contributed by atoms with Crippen LogP contribution in [0.25, 0.3) is 22.3 Å². The number of halogens is 1. The lowest BCUT2D eigenvalue weighted by Gasteiger charge is -2.26. The van der Waals surface area contributed by atoms with Gasteiger partial charge < -0.3 is 14.9 Å². The molecular weight excluding hydrogens is 452 g/mol. The first-order chi connectivity index (χ1) is 16.4. The van der Waals surface area contributed by atoms with Crippen molar-refractivity contribution in [2.45, 2.75) is 32.4 Å². The van der Waals surface area contributed by atoms with Crippen molar-refractivity contribution in [3.05, 3.63) is 76.1 Å². The zero-order valence-corrected chi connectivity index (χ0v) is 19.4. The van der Waals surface area contributed by atoms with E-state index in [2.05, 4.69) is 6.07 Å². The van der Waals surface area contributed by atoms with Gasteiger partial charge in [0.2, 0.25) is 5.91 Å². The largest absolute Gasteiger partial charge is 0.456 e. The van der Waals surface area contributed by atoms with Crippen LogP contribution >= 0.6 is 11.6 Å². The van der Waals surface area contributed by atoms with E-state index in [0.29, 0.717) is 42.3 Å². The Morgan fingerprint density at radius 1 is 1.24 bits per heavy atom.